The van der Waals surface area contributed by atoms with E-state index in [4.69, 9.17) is 4.74 Å². The molecule has 142 valence electrons. The quantitative estimate of drug-likeness (QED) is 0.211. The molecule has 0 radical (unpaired) electrons. The molecule has 8 heteroatoms. The van der Waals surface area contributed by atoms with E-state index in [0.29, 0.717) is 25.6 Å². The maximum absolute atomic E-state index is 11.5. The van der Waals surface area contributed by atoms with Crippen LogP contribution < -0.4 is 20.7 Å². The summed E-state index contributed by atoms with van der Waals surface area (Å²) in [5.74, 6) is 1.54. The van der Waals surface area contributed by atoms with Gasteiger partial charge < -0.3 is 20.7 Å². The van der Waals surface area contributed by atoms with Crippen LogP contribution in [0, 0.1) is 5.92 Å². The highest BCUT2D eigenvalue weighted by molar-refractivity contribution is 14.0. The van der Waals surface area contributed by atoms with Crippen molar-refractivity contribution in [2.75, 3.05) is 26.7 Å². The Morgan fingerprint density at radius 3 is 2.40 bits per heavy atom. The lowest BCUT2D eigenvalue weighted by molar-refractivity contribution is -0.123. The van der Waals surface area contributed by atoms with Gasteiger partial charge in [-0.1, -0.05) is 26.0 Å². The third-order valence-electron chi connectivity index (χ3n) is 3.19. The fourth-order valence-electron chi connectivity index (χ4n) is 1.83. The largest absolute Gasteiger partial charge is 0.488 e. The SMILES string of the molecule is CN=C(NCCNC(=O)C(C)C)NCC(C)Oc1ccccc1Br.I. The van der Waals surface area contributed by atoms with E-state index in [1.54, 1.807) is 7.05 Å². The van der Waals surface area contributed by atoms with Crippen LogP contribution in [0.3, 0.4) is 0 Å². The van der Waals surface area contributed by atoms with Crippen LogP contribution in [0.2, 0.25) is 0 Å². The van der Waals surface area contributed by atoms with E-state index in [1.165, 1.54) is 0 Å². The first-order valence-corrected chi connectivity index (χ1v) is 8.86. The third kappa shape index (κ3) is 9.88. The molecule has 1 aromatic carbocycles. The van der Waals surface area contributed by atoms with Gasteiger partial charge in [-0.15, -0.1) is 24.0 Å². The summed E-state index contributed by atoms with van der Waals surface area (Å²) in [6, 6.07) is 7.75. The number of amides is 1. The Labute approximate surface area is 175 Å². The number of nitrogens with zero attached hydrogens (tertiary/aromatic N) is 1. The van der Waals surface area contributed by atoms with Gasteiger partial charge in [0.2, 0.25) is 5.91 Å². The van der Waals surface area contributed by atoms with Crippen LogP contribution in [-0.2, 0) is 4.79 Å². The number of nitrogens with one attached hydrogen (secondary N) is 3. The number of para-hydroxylation sites is 1. The number of benzene rings is 1. The van der Waals surface area contributed by atoms with Crippen molar-refractivity contribution in [2.24, 2.45) is 10.9 Å². The molecule has 3 N–H and O–H groups in total. The topological polar surface area (TPSA) is 74.8 Å². The minimum Gasteiger partial charge on any atom is -0.488 e. The Morgan fingerprint density at radius 2 is 1.80 bits per heavy atom. The predicted molar refractivity (Wildman–Crippen MR) is 117 cm³/mol. The molecular formula is C17H28BrIN4O2. The summed E-state index contributed by atoms with van der Waals surface area (Å²) in [6.07, 6.45) is -0.0251. The van der Waals surface area contributed by atoms with Crippen molar-refractivity contribution >= 4 is 51.8 Å². The van der Waals surface area contributed by atoms with Crippen LogP contribution in [0.15, 0.2) is 33.7 Å². The van der Waals surface area contributed by atoms with E-state index >= 15 is 0 Å². The monoisotopic (exact) mass is 526 g/mol. The number of halogens is 2. The van der Waals surface area contributed by atoms with E-state index in [0.717, 1.165) is 10.2 Å². The Morgan fingerprint density at radius 1 is 1.16 bits per heavy atom. The number of hydrogen-bond donors (Lipinski definition) is 3. The zero-order chi connectivity index (χ0) is 17.9. The van der Waals surface area contributed by atoms with Crippen LogP contribution in [0.5, 0.6) is 5.75 Å². The standard InChI is InChI=1S/C17H27BrN4O2.HI/c1-12(2)16(23)20-9-10-21-17(19-4)22-11-13(3)24-15-8-6-5-7-14(15)18;/h5-8,12-13H,9-11H2,1-4H3,(H,20,23)(H2,19,21,22);1H. The van der Waals surface area contributed by atoms with E-state index in [9.17, 15) is 4.79 Å². The molecule has 0 bridgehead atoms. The smallest absolute Gasteiger partial charge is 0.222 e. The van der Waals surface area contributed by atoms with Crippen molar-refractivity contribution < 1.29 is 9.53 Å². The minimum atomic E-state index is -0.0251. The first-order valence-electron chi connectivity index (χ1n) is 8.07. The van der Waals surface area contributed by atoms with Crippen LogP contribution in [0.25, 0.3) is 0 Å². The van der Waals surface area contributed by atoms with Crippen LogP contribution in [0.4, 0.5) is 0 Å². The second kappa shape index (κ2) is 13.2. The van der Waals surface area contributed by atoms with Gasteiger partial charge >= 0.3 is 0 Å². The number of aliphatic imine (C=N–C) groups is 1. The van der Waals surface area contributed by atoms with Crippen molar-refractivity contribution in [3.05, 3.63) is 28.7 Å². The highest BCUT2D eigenvalue weighted by Crippen LogP contribution is 2.24. The molecule has 0 saturated heterocycles. The lowest BCUT2D eigenvalue weighted by atomic mass is 10.2. The van der Waals surface area contributed by atoms with Crippen molar-refractivity contribution in [3.8, 4) is 5.75 Å². The third-order valence-corrected chi connectivity index (χ3v) is 3.84. The molecule has 1 unspecified atom stereocenters. The second-order valence-electron chi connectivity index (χ2n) is 5.68. The fourth-order valence-corrected chi connectivity index (χ4v) is 2.21. The van der Waals surface area contributed by atoms with Crippen LogP contribution in [0.1, 0.15) is 20.8 Å². The summed E-state index contributed by atoms with van der Waals surface area (Å²) in [6.45, 7) is 7.51. The summed E-state index contributed by atoms with van der Waals surface area (Å²) in [5.41, 5.74) is 0. The Hall–Kier alpha value is -1.03. The zero-order valence-electron chi connectivity index (χ0n) is 15.1. The van der Waals surface area contributed by atoms with E-state index in [1.807, 2.05) is 45.0 Å². The Kier molecular flexibility index (Phi) is 12.7. The number of carbonyl (C=O) groups is 1. The average Bonchev–Trinajstić information content (AvgIpc) is 2.56. The number of hydrogen-bond acceptors (Lipinski definition) is 3. The molecule has 1 aromatic rings. The number of carbonyl (C=O) groups excluding carboxylic acids is 1. The molecule has 0 fully saturated rings. The molecule has 0 spiro atoms. The lowest BCUT2D eigenvalue weighted by Crippen LogP contribution is -2.44. The molecule has 0 aliphatic rings. The van der Waals surface area contributed by atoms with Gasteiger partial charge in [0.05, 0.1) is 11.0 Å². The van der Waals surface area contributed by atoms with Crippen molar-refractivity contribution in [3.63, 3.8) is 0 Å². The number of ether oxygens (including phenoxy) is 1. The molecule has 0 aromatic heterocycles. The molecule has 1 rings (SSSR count). The average molecular weight is 527 g/mol. The Balaban J connectivity index is 0.00000576. The molecule has 25 heavy (non-hydrogen) atoms. The maximum Gasteiger partial charge on any atom is 0.222 e. The lowest BCUT2D eigenvalue weighted by Gasteiger charge is -2.18. The summed E-state index contributed by atoms with van der Waals surface area (Å²) >= 11 is 3.47. The van der Waals surface area contributed by atoms with Gasteiger partial charge in [-0.25, -0.2) is 0 Å². The van der Waals surface area contributed by atoms with Gasteiger partial charge in [-0.2, -0.15) is 0 Å². The van der Waals surface area contributed by atoms with Gasteiger partial charge in [-0.3, -0.25) is 9.79 Å². The first kappa shape index (κ1) is 24.0. The Bertz CT molecular complexity index is 555. The normalized spacial score (nSPS) is 12.2. The summed E-state index contributed by atoms with van der Waals surface area (Å²) in [5, 5.41) is 9.21. The fraction of sp³-hybridized carbons (Fsp3) is 0.529. The molecule has 0 saturated carbocycles. The van der Waals surface area contributed by atoms with Gasteiger partial charge in [0, 0.05) is 26.1 Å². The summed E-state index contributed by atoms with van der Waals surface area (Å²) < 4.78 is 6.81. The minimum absolute atomic E-state index is 0. The molecule has 0 heterocycles. The number of guanidine groups is 1. The number of rotatable bonds is 8. The van der Waals surface area contributed by atoms with Gasteiger partial charge in [-0.05, 0) is 35.0 Å². The van der Waals surface area contributed by atoms with Crippen LogP contribution in [-0.4, -0.2) is 44.7 Å². The zero-order valence-corrected chi connectivity index (χ0v) is 19.1. The summed E-state index contributed by atoms with van der Waals surface area (Å²) in [4.78, 5) is 15.6. The molecule has 0 aliphatic carbocycles. The van der Waals surface area contributed by atoms with E-state index in [-0.39, 0.29) is 41.9 Å². The molecule has 6 nitrogen and oxygen atoms in total. The maximum atomic E-state index is 11.5. The molecular weight excluding hydrogens is 499 g/mol. The van der Waals surface area contributed by atoms with Gasteiger partial charge in [0.15, 0.2) is 5.96 Å². The molecule has 0 aliphatic heterocycles. The predicted octanol–water partition coefficient (Wildman–Crippen LogP) is 2.77. The van der Waals surface area contributed by atoms with Crippen LogP contribution >= 0.6 is 39.9 Å². The summed E-state index contributed by atoms with van der Waals surface area (Å²) in [7, 11) is 1.71. The first-order chi connectivity index (χ1) is 11.4. The van der Waals surface area contributed by atoms with E-state index < -0.39 is 0 Å². The van der Waals surface area contributed by atoms with Gasteiger partial charge in [0.1, 0.15) is 11.9 Å². The van der Waals surface area contributed by atoms with E-state index in [2.05, 4.69) is 36.9 Å². The highest BCUT2D eigenvalue weighted by Gasteiger charge is 2.08. The van der Waals surface area contributed by atoms with Crippen molar-refractivity contribution in [1.82, 2.24) is 16.0 Å². The molecule has 1 atom stereocenters. The second-order valence-corrected chi connectivity index (χ2v) is 6.54. The van der Waals surface area contributed by atoms with Gasteiger partial charge in [0.25, 0.3) is 0 Å². The van der Waals surface area contributed by atoms with Crippen molar-refractivity contribution in [2.45, 2.75) is 26.9 Å². The highest BCUT2D eigenvalue weighted by atomic mass is 127. The molecule has 1 amide bonds. The van der Waals surface area contributed by atoms with Crippen molar-refractivity contribution in [1.29, 1.82) is 0 Å².